The Morgan fingerprint density at radius 1 is 0.500 bits per heavy atom. The quantitative estimate of drug-likeness (QED) is 0.318. The third-order valence-electron chi connectivity index (χ3n) is 0. The van der Waals surface area contributed by atoms with Gasteiger partial charge in [-0.2, -0.15) is 0 Å². The summed E-state index contributed by atoms with van der Waals surface area (Å²) in [5.41, 5.74) is 0. The zero-order chi connectivity index (χ0) is 8.00. The molecule has 0 aliphatic rings. The van der Waals surface area contributed by atoms with Gasteiger partial charge in [0.25, 0.3) is 0 Å². The molecule has 0 N–H and O–H groups in total. The Labute approximate surface area is 85.8 Å². The molecule has 0 aliphatic carbocycles. The topological polar surface area (TPSA) is 79.6 Å². The Balaban J connectivity index is -0.00000000500. The van der Waals surface area contributed by atoms with Crippen molar-refractivity contribution in [1.29, 1.82) is 0 Å². The Morgan fingerprint density at radius 2 is 0.500 bits per heavy atom. The normalized spacial score (nSPS) is 0.800. The van der Waals surface area contributed by atoms with E-state index >= 15 is 0 Å². The van der Waals surface area contributed by atoms with Crippen LogP contribution in [0.15, 0.2) is 0 Å². The van der Waals surface area contributed by atoms with E-state index in [9.17, 15) is 0 Å². The van der Waals surface area contributed by atoms with Crippen LogP contribution in [0.25, 0.3) is 0 Å². The van der Waals surface area contributed by atoms with Gasteiger partial charge in [-0.3, -0.25) is 0 Å². The molecule has 0 heterocycles. The fourth-order valence-electron chi connectivity index (χ4n) is 0. The molecule has 0 fully saturated rings. The van der Waals surface area contributed by atoms with Crippen molar-refractivity contribution in [3.8, 4) is 0 Å². The minimum atomic E-state index is 0. The summed E-state index contributed by atoms with van der Waals surface area (Å²) in [6.07, 6.45) is 0. The zero-order valence-corrected chi connectivity index (χ0v) is 8.88. The Morgan fingerprint density at radius 3 is 0.500 bits per heavy atom. The van der Waals surface area contributed by atoms with E-state index in [0.717, 1.165) is 0 Å². The number of hydrogen-bond acceptors (Lipinski definition) is 0. The molecule has 0 rings (SSSR count). The minimum absolute atomic E-state index is 0. The van der Waals surface area contributed by atoms with Crippen molar-refractivity contribution in [3.63, 3.8) is 0 Å². The average molecular weight is 291 g/mol. The molecule has 0 unspecified atom stereocenters. The van der Waals surface area contributed by atoms with E-state index in [1.165, 1.54) is 0 Å². The molecule has 10 heavy (non-hydrogen) atoms. The second-order valence-corrected chi connectivity index (χ2v) is 0. The molecule has 0 spiro atoms. The number of rotatable bonds is 0. The molecule has 0 aromatic rings. The SMILES string of the molecule is [C-]#[O+].[C-]#[O+].[C-]#[O+].[C-]#[O+].[Co].[SnH]. The summed E-state index contributed by atoms with van der Waals surface area (Å²) in [5.74, 6) is 0. The summed E-state index contributed by atoms with van der Waals surface area (Å²) in [6.45, 7) is 18.0. The van der Waals surface area contributed by atoms with E-state index in [1.807, 2.05) is 0 Å². The molecular formula is C4HCoO4Sn. The van der Waals surface area contributed by atoms with Crippen molar-refractivity contribution < 1.29 is 35.4 Å². The van der Waals surface area contributed by atoms with Crippen LogP contribution in [0, 0.1) is 26.6 Å². The third kappa shape index (κ3) is 6200. The molecule has 0 saturated carbocycles. The van der Waals surface area contributed by atoms with Crippen molar-refractivity contribution in [2.45, 2.75) is 0 Å². The van der Waals surface area contributed by atoms with Crippen LogP contribution in [0.3, 0.4) is 0 Å². The van der Waals surface area contributed by atoms with Crippen molar-refractivity contribution in [3.05, 3.63) is 26.6 Å². The fourth-order valence-corrected chi connectivity index (χ4v) is 0. The summed E-state index contributed by atoms with van der Waals surface area (Å²) < 4.78 is 30.0. The summed E-state index contributed by atoms with van der Waals surface area (Å²) >= 11 is 0. The van der Waals surface area contributed by atoms with Gasteiger partial charge in [0.2, 0.25) is 0 Å². The molecule has 4 radical (unpaired) electrons. The van der Waals surface area contributed by atoms with E-state index < -0.39 is 0 Å². The zero-order valence-electron chi connectivity index (χ0n) is 4.54. The first kappa shape index (κ1) is 48.4. The van der Waals surface area contributed by atoms with Gasteiger partial charge in [-0.05, 0) is 0 Å². The molecule has 0 aliphatic heterocycles. The first-order valence-electron chi connectivity index (χ1n) is 0.816. The van der Waals surface area contributed by atoms with E-state index in [2.05, 4.69) is 26.6 Å². The maximum absolute atomic E-state index is 7.50. The molecule has 0 atom stereocenters. The predicted octanol–water partition coefficient (Wildman–Crippen LogP) is -0.801. The average Bonchev–Trinajstić information content (AvgIpc) is 2.03. The van der Waals surface area contributed by atoms with Crippen molar-refractivity contribution in [2.75, 3.05) is 0 Å². The molecule has 0 aromatic heterocycles. The van der Waals surface area contributed by atoms with E-state index in [1.54, 1.807) is 0 Å². The van der Waals surface area contributed by atoms with Gasteiger partial charge in [0.05, 0.1) is 0 Å². The summed E-state index contributed by atoms with van der Waals surface area (Å²) in [7, 11) is 0. The van der Waals surface area contributed by atoms with E-state index in [0.29, 0.717) is 0 Å². The predicted molar refractivity (Wildman–Crippen MR) is 22.9 cm³/mol. The van der Waals surface area contributed by atoms with Crippen molar-refractivity contribution in [1.82, 2.24) is 0 Å². The van der Waals surface area contributed by atoms with Crippen LogP contribution in [0.5, 0.6) is 0 Å². The van der Waals surface area contributed by atoms with Crippen LogP contribution in [0.4, 0.5) is 0 Å². The van der Waals surface area contributed by atoms with Gasteiger partial charge in [0.1, 0.15) is 0 Å². The molecule has 4 nitrogen and oxygen atoms in total. The standard InChI is InChI=1S/4CO.Co.Sn.H/c4*1-2;;;. The van der Waals surface area contributed by atoms with Gasteiger partial charge < -0.3 is 0 Å². The van der Waals surface area contributed by atoms with Gasteiger partial charge in [-0.25, -0.2) is 0 Å². The van der Waals surface area contributed by atoms with Gasteiger partial charge in [0, 0.05) is 16.8 Å². The number of hydrogen-bond donors (Lipinski definition) is 0. The molecular weight excluding hydrogens is 290 g/mol. The maximum atomic E-state index is 7.50. The summed E-state index contributed by atoms with van der Waals surface area (Å²) in [4.78, 5) is 0. The molecule has 54 valence electrons. The van der Waals surface area contributed by atoms with Crippen LogP contribution in [0.2, 0.25) is 0 Å². The van der Waals surface area contributed by atoms with E-state index in [-0.39, 0.29) is 40.7 Å². The van der Waals surface area contributed by atoms with Crippen molar-refractivity contribution >= 4 is 23.9 Å². The van der Waals surface area contributed by atoms with Crippen LogP contribution < -0.4 is 0 Å². The monoisotopic (exact) mass is 292 g/mol. The molecule has 0 bridgehead atoms. The van der Waals surface area contributed by atoms with Crippen LogP contribution in [0.1, 0.15) is 0 Å². The van der Waals surface area contributed by atoms with Crippen molar-refractivity contribution in [2.24, 2.45) is 0 Å². The van der Waals surface area contributed by atoms with Crippen LogP contribution in [-0.2, 0) is 35.4 Å². The Bertz CT molecular complexity index is 60.2. The third-order valence-corrected chi connectivity index (χ3v) is 0. The van der Waals surface area contributed by atoms with Crippen LogP contribution >= 0.6 is 0 Å². The summed E-state index contributed by atoms with van der Waals surface area (Å²) in [5, 5.41) is 0. The first-order chi connectivity index (χ1) is 4.00. The Hall–Kier alpha value is 0.265. The summed E-state index contributed by atoms with van der Waals surface area (Å²) in [6, 6.07) is 0. The fraction of sp³-hybridized carbons (Fsp3) is 0. The van der Waals surface area contributed by atoms with E-state index in [4.69, 9.17) is 18.6 Å². The molecule has 0 saturated heterocycles. The van der Waals surface area contributed by atoms with Gasteiger partial charge >= 0.3 is 69.1 Å². The molecule has 0 amide bonds. The second-order valence-electron chi connectivity index (χ2n) is 0. The molecule has 6 heteroatoms. The first-order valence-corrected chi connectivity index (χ1v) is 0.816. The molecule has 0 aromatic carbocycles. The van der Waals surface area contributed by atoms with Crippen LogP contribution in [-0.4, -0.2) is 23.9 Å². The van der Waals surface area contributed by atoms with Gasteiger partial charge in [-0.15, -0.1) is 0 Å². The second kappa shape index (κ2) is 9000. The van der Waals surface area contributed by atoms with Gasteiger partial charge in [-0.1, -0.05) is 0 Å². The Kier molecular flexibility index (Phi) is 43600. The van der Waals surface area contributed by atoms with Gasteiger partial charge in [0.15, 0.2) is 0 Å².